The molecule has 1 aliphatic rings. The second-order valence-electron chi connectivity index (χ2n) is 7.27. The standard InChI is InChI=1S/C16H28N2O4/c1-16(2,3)9-13(19)17-10-14(20)18-12-8-6-4-5-7-11(12)15(21)22/h11-12H,4-10H2,1-3H3,(H,17,19)(H,18,20)(H,21,22)/t11-,12+/m1/s1. The summed E-state index contributed by atoms with van der Waals surface area (Å²) in [5.74, 6) is -1.88. The van der Waals surface area contributed by atoms with Gasteiger partial charge in [-0.2, -0.15) is 0 Å². The molecule has 0 spiro atoms. The van der Waals surface area contributed by atoms with E-state index in [4.69, 9.17) is 0 Å². The van der Waals surface area contributed by atoms with E-state index in [9.17, 15) is 19.5 Å². The monoisotopic (exact) mass is 312 g/mol. The van der Waals surface area contributed by atoms with Crippen molar-refractivity contribution in [1.82, 2.24) is 10.6 Å². The molecule has 126 valence electrons. The highest BCUT2D eigenvalue weighted by molar-refractivity contribution is 5.85. The molecule has 6 nitrogen and oxygen atoms in total. The van der Waals surface area contributed by atoms with E-state index < -0.39 is 11.9 Å². The number of carboxylic acids is 1. The number of carbonyl (C=O) groups is 3. The van der Waals surface area contributed by atoms with Crippen molar-refractivity contribution < 1.29 is 19.5 Å². The molecule has 0 radical (unpaired) electrons. The van der Waals surface area contributed by atoms with Crippen molar-refractivity contribution >= 4 is 17.8 Å². The molecule has 0 unspecified atom stereocenters. The number of nitrogens with one attached hydrogen (secondary N) is 2. The summed E-state index contributed by atoms with van der Waals surface area (Å²) in [7, 11) is 0. The molecule has 0 aliphatic heterocycles. The molecule has 0 aromatic carbocycles. The van der Waals surface area contributed by atoms with Gasteiger partial charge in [0, 0.05) is 12.5 Å². The molecule has 1 rings (SSSR count). The summed E-state index contributed by atoms with van der Waals surface area (Å²) in [5.41, 5.74) is -0.129. The first kappa shape index (κ1) is 18.5. The van der Waals surface area contributed by atoms with Crippen LogP contribution in [0.5, 0.6) is 0 Å². The molecule has 2 amide bonds. The molecule has 3 N–H and O–H groups in total. The molecule has 0 heterocycles. The predicted molar refractivity (Wildman–Crippen MR) is 83.2 cm³/mol. The zero-order chi connectivity index (χ0) is 16.8. The van der Waals surface area contributed by atoms with E-state index >= 15 is 0 Å². The second kappa shape index (κ2) is 8.15. The third-order valence-electron chi connectivity index (χ3n) is 3.82. The fourth-order valence-electron chi connectivity index (χ4n) is 2.76. The number of hydrogen-bond donors (Lipinski definition) is 3. The predicted octanol–water partition coefficient (Wildman–Crippen LogP) is 1.69. The van der Waals surface area contributed by atoms with E-state index in [1.54, 1.807) is 0 Å². The van der Waals surface area contributed by atoms with E-state index in [0.29, 0.717) is 19.3 Å². The number of carboxylic acid groups (broad SMARTS) is 1. The van der Waals surface area contributed by atoms with Crippen molar-refractivity contribution in [2.45, 2.75) is 65.3 Å². The summed E-state index contributed by atoms with van der Waals surface area (Å²) in [6, 6.07) is -0.341. The highest BCUT2D eigenvalue weighted by atomic mass is 16.4. The third-order valence-corrected chi connectivity index (χ3v) is 3.82. The van der Waals surface area contributed by atoms with Crippen LogP contribution in [0.3, 0.4) is 0 Å². The van der Waals surface area contributed by atoms with Crippen LogP contribution in [0.15, 0.2) is 0 Å². The van der Waals surface area contributed by atoms with E-state index in [0.717, 1.165) is 19.3 Å². The number of amides is 2. The van der Waals surface area contributed by atoms with Crippen LogP contribution in [0.2, 0.25) is 0 Å². The van der Waals surface area contributed by atoms with Gasteiger partial charge in [-0.1, -0.05) is 40.0 Å². The van der Waals surface area contributed by atoms with E-state index in [2.05, 4.69) is 10.6 Å². The number of hydrogen-bond acceptors (Lipinski definition) is 3. The average Bonchev–Trinajstić information content (AvgIpc) is 2.60. The Morgan fingerprint density at radius 1 is 1.05 bits per heavy atom. The minimum atomic E-state index is -0.857. The lowest BCUT2D eigenvalue weighted by Crippen LogP contribution is -2.46. The molecule has 0 bridgehead atoms. The lowest BCUT2D eigenvalue weighted by molar-refractivity contribution is -0.143. The van der Waals surface area contributed by atoms with Crippen molar-refractivity contribution in [2.24, 2.45) is 11.3 Å². The summed E-state index contributed by atoms with van der Waals surface area (Å²) in [4.78, 5) is 34.9. The molecular formula is C16H28N2O4. The molecule has 1 fully saturated rings. The smallest absolute Gasteiger partial charge is 0.308 e. The lowest BCUT2D eigenvalue weighted by Gasteiger charge is -2.23. The normalized spacial score (nSPS) is 22.5. The van der Waals surface area contributed by atoms with Gasteiger partial charge in [-0.15, -0.1) is 0 Å². The van der Waals surface area contributed by atoms with Gasteiger partial charge in [0.1, 0.15) is 0 Å². The van der Waals surface area contributed by atoms with Crippen molar-refractivity contribution in [1.29, 1.82) is 0 Å². The highest BCUT2D eigenvalue weighted by Crippen LogP contribution is 2.23. The molecule has 2 atom stereocenters. The Labute approximate surface area is 132 Å². The first-order valence-corrected chi connectivity index (χ1v) is 7.98. The fraction of sp³-hybridized carbons (Fsp3) is 0.812. The summed E-state index contributed by atoms with van der Waals surface area (Å²) in [6.45, 7) is 5.76. The van der Waals surface area contributed by atoms with Crippen LogP contribution >= 0.6 is 0 Å². The van der Waals surface area contributed by atoms with Crippen LogP contribution in [0.4, 0.5) is 0 Å². The Kier molecular flexibility index (Phi) is 6.84. The van der Waals surface area contributed by atoms with Gasteiger partial charge in [0.15, 0.2) is 0 Å². The van der Waals surface area contributed by atoms with Gasteiger partial charge < -0.3 is 15.7 Å². The third kappa shape index (κ3) is 6.91. The molecule has 22 heavy (non-hydrogen) atoms. The summed E-state index contributed by atoms with van der Waals surface area (Å²) < 4.78 is 0. The molecule has 0 saturated heterocycles. The molecule has 0 aromatic heterocycles. The first-order valence-electron chi connectivity index (χ1n) is 7.98. The topological polar surface area (TPSA) is 95.5 Å². The molecule has 1 saturated carbocycles. The Balaban J connectivity index is 2.45. The van der Waals surface area contributed by atoms with Gasteiger partial charge >= 0.3 is 5.97 Å². The molecular weight excluding hydrogens is 284 g/mol. The van der Waals surface area contributed by atoms with Crippen LogP contribution in [-0.4, -0.2) is 35.5 Å². The van der Waals surface area contributed by atoms with Crippen LogP contribution in [-0.2, 0) is 14.4 Å². The Morgan fingerprint density at radius 3 is 2.27 bits per heavy atom. The zero-order valence-corrected chi connectivity index (χ0v) is 13.8. The molecule has 6 heteroatoms. The van der Waals surface area contributed by atoms with E-state index in [1.807, 2.05) is 20.8 Å². The Hall–Kier alpha value is -1.59. The Bertz CT molecular complexity index is 415. The van der Waals surface area contributed by atoms with E-state index in [1.165, 1.54) is 0 Å². The van der Waals surface area contributed by atoms with Crippen LogP contribution < -0.4 is 10.6 Å². The quantitative estimate of drug-likeness (QED) is 0.673. The van der Waals surface area contributed by atoms with Gasteiger partial charge in [0.2, 0.25) is 11.8 Å². The SMILES string of the molecule is CC(C)(C)CC(=O)NCC(=O)N[C@H]1CCCCC[C@H]1C(=O)O. The van der Waals surface area contributed by atoms with Gasteiger partial charge in [0.25, 0.3) is 0 Å². The van der Waals surface area contributed by atoms with Crippen LogP contribution in [0, 0.1) is 11.3 Å². The lowest BCUT2D eigenvalue weighted by atomic mass is 9.92. The van der Waals surface area contributed by atoms with Gasteiger partial charge in [-0.25, -0.2) is 0 Å². The Morgan fingerprint density at radius 2 is 1.68 bits per heavy atom. The number of aliphatic carboxylic acids is 1. The maximum Gasteiger partial charge on any atom is 0.308 e. The zero-order valence-electron chi connectivity index (χ0n) is 13.8. The average molecular weight is 312 g/mol. The summed E-state index contributed by atoms with van der Waals surface area (Å²) in [6.07, 6.45) is 4.42. The number of carbonyl (C=O) groups excluding carboxylic acids is 2. The summed E-state index contributed by atoms with van der Waals surface area (Å²) in [5, 5.41) is 14.6. The van der Waals surface area contributed by atoms with Crippen molar-refractivity contribution in [2.75, 3.05) is 6.54 Å². The highest BCUT2D eigenvalue weighted by Gasteiger charge is 2.30. The maximum atomic E-state index is 11.9. The first-order chi connectivity index (χ1) is 10.2. The minimum absolute atomic E-state index is 0.0995. The van der Waals surface area contributed by atoms with E-state index in [-0.39, 0.29) is 29.8 Å². The van der Waals surface area contributed by atoms with Gasteiger partial charge in [0.05, 0.1) is 12.5 Å². The maximum absolute atomic E-state index is 11.9. The van der Waals surface area contributed by atoms with Crippen LogP contribution in [0.25, 0.3) is 0 Å². The molecule has 1 aliphatic carbocycles. The largest absolute Gasteiger partial charge is 0.481 e. The number of rotatable bonds is 5. The minimum Gasteiger partial charge on any atom is -0.481 e. The van der Waals surface area contributed by atoms with Crippen molar-refractivity contribution in [3.05, 3.63) is 0 Å². The van der Waals surface area contributed by atoms with Crippen LogP contribution in [0.1, 0.15) is 59.3 Å². The second-order valence-corrected chi connectivity index (χ2v) is 7.27. The fourth-order valence-corrected chi connectivity index (χ4v) is 2.76. The molecule has 0 aromatic rings. The van der Waals surface area contributed by atoms with Gasteiger partial charge in [-0.05, 0) is 18.3 Å². The van der Waals surface area contributed by atoms with Gasteiger partial charge in [-0.3, -0.25) is 14.4 Å². The van der Waals surface area contributed by atoms with Crippen molar-refractivity contribution in [3.8, 4) is 0 Å². The van der Waals surface area contributed by atoms with Crippen molar-refractivity contribution in [3.63, 3.8) is 0 Å². The summed E-state index contributed by atoms with van der Waals surface area (Å²) >= 11 is 0.